The number of ether oxygens (including phenoxy) is 1. The summed E-state index contributed by atoms with van der Waals surface area (Å²) in [5.74, 6) is -0.113. The van der Waals surface area contributed by atoms with Gasteiger partial charge in [-0.15, -0.1) is 11.3 Å². The number of hydrogen-bond donors (Lipinski definition) is 2. The van der Waals surface area contributed by atoms with Crippen molar-refractivity contribution in [2.75, 3.05) is 11.9 Å². The number of nitrogens with one attached hydrogen (secondary N) is 1. The molecule has 0 radical (unpaired) electrons. The number of rotatable bonds is 7. The van der Waals surface area contributed by atoms with Crippen LogP contribution < -0.4 is 10.1 Å². The van der Waals surface area contributed by atoms with E-state index in [4.69, 9.17) is 9.84 Å². The molecule has 0 saturated heterocycles. The number of hydrogen-bond acceptors (Lipinski definition) is 5. The van der Waals surface area contributed by atoms with E-state index in [0.29, 0.717) is 17.4 Å². The first kappa shape index (κ1) is 14.3. The van der Waals surface area contributed by atoms with Crippen molar-refractivity contribution < 1.29 is 14.6 Å². The highest BCUT2D eigenvalue weighted by molar-refractivity contribution is 7.13. The molecule has 2 rings (SSSR count). The largest absolute Gasteiger partial charge is 0.491 e. The molecule has 0 aliphatic heterocycles. The average Bonchev–Trinajstić information content (AvgIpc) is 2.84. The van der Waals surface area contributed by atoms with E-state index < -0.39 is 5.97 Å². The van der Waals surface area contributed by atoms with Crippen molar-refractivity contribution in [1.29, 1.82) is 0 Å². The molecule has 0 aliphatic rings. The van der Waals surface area contributed by atoms with Crippen LogP contribution in [0.15, 0.2) is 29.6 Å². The van der Waals surface area contributed by atoms with Gasteiger partial charge in [0.15, 0.2) is 5.13 Å². The van der Waals surface area contributed by atoms with Crippen LogP contribution >= 0.6 is 11.3 Å². The maximum absolute atomic E-state index is 10.6. The van der Waals surface area contributed by atoms with Gasteiger partial charge in [0.2, 0.25) is 0 Å². The van der Waals surface area contributed by atoms with E-state index in [-0.39, 0.29) is 6.42 Å². The van der Waals surface area contributed by atoms with Crippen molar-refractivity contribution in [3.8, 4) is 5.75 Å². The number of thiazole rings is 1. The molecule has 2 aromatic rings. The normalized spacial score (nSPS) is 10.2. The van der Waals surface area contributed by atoms with Crippen molar-refractivity contribution in [2.24, 2.45) is 0 Å². The van der Waals surface area contributed by atoms with Gasteiger partial charge in [0.05, 0.1) is 24.4 Å². The molecule has 0 atom stereocenters. The Labute approximate surface area is 121 Å². The van der Waals surface area contributed by atoms with Crippen LogP contribution in [-0.4, -0.2) is 22.7 Å². The Hall–Kier alpha value is -2.08. The molecule has 5 nitrogen and oxygen atoms in total. The Morgan fingerprint density at radius 2 is 2.25 bits per heavy atom. The van der Waals surface area contributed by atoms with Gasteiger partial charge in [-0.3, -0.25) is 4.79 Å². The van der Waals surface area contributed by atoms with Gasteiger partial charge < -0.3 is 15.2 Å². The molecule has 106 valence electrons. The van der Waals surface area contributed by atoms with Gasteiger partial charge in [0, 0.05) is 5.38 Å². The van der Waals surface area contributed by atoms with Crippen LogP contribution in [0.2, 0.25) is 0 Å². The minimum Gasteiger partial charge on any atom is -0.491 e. The summed E-state index contributed by atoms with van der Waals surface area (Å²) in [6, 6.07) is 7.62. The fourth-order valence-electron chi connectivity index (χ4n) is 1.62. The summed E-state index contributed by atoms with van der Waals surface area (Å²) in [6.07, 6.45) is 0.876. The van der Waals surface area contributed by atoms with Gasteiger partial charge in [-0.2, -0.15) is 0 Å². The van der Waals surface area contributed by atoms with Crippen LogP contribution in [0.5, 0.6) is 5.75 Å². The first-order valence-corrected chi connectivity index (χ1v) is 7.22. The summed E-state index contributed by atoms with van der Waals surface area (Å²) in [5.41, 5.74) is 1.38. The minimum atomic E-state index is -0.881. The van der Waals surface area contributed by atoms with Gasteiger partial charge in [-0.1, -0.05) is 19.1 Å². The van der Waals surface area contributed by atoms with Crippen molar-refractivity contribution in [3.05, 3.63) is 35.3 Å². The van der Waals surface area contributed by atoms with Crippen molar-refractivity contribution in [2.45, 2.75) is 19.8 Å². The molecule has 0 saturated carbocycles. The van der Waals surface area contributed by atoms with E-state index in [1.807, 2.05) is 24.3 Å². The topological polar surface area (TPSA) is 71.5 Å². The summed E-state index contributed by atoms with van der Waals surface area (Å²) >= 11 is 1.38. The van der Waals surface area contributed by atoms with Crippen molar-refractivity contribution >= 4 is 28.1 Å². The summed E-state index contributed by atoms with van der Waals surface area (Å²) in [4.78, 5) is 14.9. The molecular weight excluding hydrogens is 276 g/mol. The molecule has 0 unspecified atom stereocenters. The van der Waals surface area contributed by atoms with E-state index in [0.717, 1.165) is 17.9 Å². The van der Waals surface area contributed by atoms with Crippen LogP contribution in [-0.2, 0) is 11.2 Å². The zero-order chi connectivity index (χ0) is 14.4. The number of nitrogens with zero attached hydrogens (tertiary/aromatic N) is 1. The molecule has 20 heavy (non-hydrogen) atoms. The third-order valence-corrected chi connectivity index (χ3v) is 3.28. The predicted molar refractivity (Wildman–Crippen MR) is 79.0 cm³/mol. The van der Waals surface area contributed by atoms with E-state index in [1.165, 1.54) is 11.3 Å². The lowest BCUT2D eigenvalue weighted by Crippen LogP contribution is -2.01. The lowest BCUT2D eigenvalue weighted by molar-refractivity contribution is -0.136. The highest BCUT2D eigenvalue weighted by Crippen LogP contribution is 2.29. The SMILES string of the molecule is CCCOc1ccccc1Nc1nc(CC(=O)O)cs1. The lowest BCUT2D eigenvalue weighted by Gasteiger charge is -2.10. The van der Waals surface area contributed by atoms with Gasteiger partial charge in [-0.25, -0.2) is 4.98 Å². The zero-order valence-corrected chi connectivity index (χ0v) is 11.9. The molecule has 2 N–H and O–H groups in total. The molecular formula is C14H16N2O3S. The number of para-hydroxylation sites is 2. The highest BCUT2D eigenvalue weighted by Gasteiger charge is 2.08. The second-order valence-corrected chi connectivity index (χ2v) is 5.04. The number of aromatic nitrogens is 1. The number of carbonyl (C=O) groups is 1. The summed E-state index contributed by atoms with van der Waals surface area (Å²) in [5, 5.41) is 14.3. The first-order chi connectivity index (χ1) is 9.69. The lowest BCUT2D eigenvalue weighted by atomic mass is 10.3. The van der Waals surface area contributed by atoms with Gasteiger partial charge in [0.1, 0.15) is 5.75 Å². The molecule has 1 heterocycles. The monoisotopic (exact) mass is 292 g/mol. The Kier molecular flexibility index (Phi) is 4.95. The third kappa shape index (κ3) is 3.96. The fourth-order valence-corrected chi connectivity index (χ4v) is 2.35. The quantitative estimate of drug-likeness (QED) is 0.819. The molecule has 0 spiro atoms. The average molecular weight is 292 g/mol. The Bertz CT molecular complexity index is 583. The summed E-state index contributed by atoms with van der Waals surface area (Å²) in [7, 11) is 0. The van der Waals surface area contributed by atoms with Gasteiger partial charge in [0.25, 0.3) is 0 Å². The highest BCUT2D eigenvalue weighted by atomic mass is 32.1. The maximum atomic E-state index is 10.6. The molecule has 6 heteroatoms. The van der Waals surface area contributed by atoms with Gasteiger partial charge in [-0.05, 0) is 18.6 Å². The van der Waals surface area contributed by atoms with Crippen LogP contribution in [0, 0.1) is 0 Å². The number of aliphatic carboxylic acids is 1. The number of anilines is 2. The number of benzene rings is 1. The predicted octanol–water partition coefficient (Wildman–Crippen LogP) is 3.30. The van der Waals surface area contributed by atoms with Crippen LogP contribution in [0.4, 0.5) is 10.8 Å². The van der Waals surface area contributed by atoms with Crippen molar-refractivity contribution in [3.63, 3.8) is 0 Å². The van der Waals surface area contributed by atoms with E-state index in [2.05, 4.69) is 17.2 Å². The Balaban J connectivity index is 2.09. The van der Waals surface area contributed by atoms with E-state index in [9.17, 15) is 4.79 Å². The molecule has 0 bridgehead atoms. The second-order valence-electron chi connectivity index (χ2n) is 4.18. The third-order valence-electron chi connectivity index (χ3n) is 2.47. The summed E-state index contributed by atoms with van der Waals surface area (Å²) < 4.78 is 5.65. The fraction of sp³-hybridized carbons (Fsp3) is 0.286. The molecule has 0 aliphatic carbocycles. The van der Waals surface area contributed by atoms with Crippen LogP contribution in [0.25, 0.3) is 0 Å². The zero-order valence-electron chi connectivity index (χ0n) is 11.1. The molecule has 0 amide bonds. The smallest absolute Gasteiger partial charge is 0.309 e. The molecule has 1 aromatic heterocycles. The maximum Gasteiger partial charge on any atom is 0.309 e. The number of carboxylic acids is 1. The van der Waals surface area contributed by atoms with E-state index in [1.54, 1.807) is 5.38 Å². The van der Waals surface area contributed by atoms with Crippen molar-refractivity contribution in [1.82, 2.24) is 4.98 Å². The molecule has 0 fully saturated rings. The molecule has 1 aromatic carbocycles. The van der Waals surface area contributed by atoms with Crippen LogP contribution in [0.1, 0.15) is 19.0 Å². The Morgan fingerprint density at radius 3 is 3.00 bits per heavy atom. The second kappa shape index (κ2) is 6.91. The summed E-state index contributed by atoms with van der Waals surface area (Å²) in [6.45, 7) is 2.70. The van der Waals surface area contributed by atoms with Crippen LogP contribution in [0.3, 0.4) is 0 Å². The Morgan fingerprint density at radius 1 is 1.45 bits per heavy atom. The number of carboxylic acid groups (broad SMARTS) is 1. The van der Waals surface area contributed by atoms with Gasteiger partial charge >= 0.3 is 5.97 Å². The first-order valence-electron chi connectivity index (χ1n) is 6.34. The standard InChI is InChI=1S/C14H16N2O3S/c1-2-7-19-12-6-4-3-5-11(12)16-14-15-10(9-20-14)8-13(17)18/h3-6,9H,2,7-8H2,1H3,(H,15,16)(H,17,18). The minimum absolute atomic E-state index is 0.0633. The van der Waals surface area contributed by atoms with E-state index >= 15 is 0 Å².